The van der Waals surface area contributed by atoms with Crippen LogP contribution in [0.2, 0.25) is 0 Å². The summed E-state index contributed by atoms with van der Waals surface area (Å²) in [5.41, 5.74) is 5.99. The zero-order valence-corrected chi connectivity index (χ0v) is 37.2. The van der Waals surface area contributed by atoms with Gasteiger partial charge in [-0.2, -0.15) is 0 Å². The molecule has 14 aromatic rings. The largest absolute Gasteiger partial charge is 0.0629 e. The van der Waals surface area contributed by atoms with Gasteiger partial charge in [0.15, 0.2) is 0 Å². The molecule has 0 atom stereocenters. The maximum atomic E-state index is 9.56. The van der Waals surface area contributed by atoms with Gasteiger partial charge in [-0.3, -0.25) is 0 Å². The highest BCUT2D eigenvalue weighted by Gasteiger charge is 2.20. The molecule has 0 nitrogen and oxygen atoms in total. The van der Waals surface area contributed by atoms with Crippen LogP contribution >= 0.6 is 0 Å². The van der Waals surface area contributed by atoms with E-state index in [0.29, 0.717) is 33.4 Å². The van der Waals surface area contributed by atoms with Crippen LogP contribution in [0.15, 0.2) is 267 Å². The standard InChI is InChI=1S/C70H44/c1-3-25-55-46(17-1)19-15-35-57(55)69-63-31-9-5-27-59(63)67(60-28-6-10-32-64(60)69)52-23-13-21-48(41-52)50-39-37-45-38-40-51(44-54(45)43-50)49-22-14-24-53(42-49)68-61-29-7-11-33-65(61)70(66-34-12-8-30-62(66)68)58-36-16-20-47-18-2-4-26-56(47)58/h1-44H/i5D,6D,7D,8D,9D,10D,11D,12D,27D,28D,29D,30D,31D,32D,33D,34D. The maximum Gasteiger partial charge on any atom is 0.0629 e. The van der Waals surface area contributed by atoms with Crippen LogP contribution in [-0.2, 0) is 0 Å². The van der Waals surface area contributed by atoms with Gasteiger partial charge in [0.05, 0.1) is 21.9 Å². The summed E-state index contributed by atoms with van der Waals surface area (Å²) in [6, 6.07) is 46.2. The van der Waals surface area contributed by atoms with Crippen LogP contribution in [0.3, 0.4) is 0 Å². The molecule has 0 radical (unpaired) electrons. The predicted molar refractivity (Wildman–Crippen MR) is 302 cm³/mol. The van der Waals surface area contributed by atoms with Crippen LogP contribution in [0.1, 0.15) is 21.9 Å². The van der Waals surface area contributed by atoms with E-state index in [2.05, 4.69) is 0 Å². The summed E-state index contributed by atoms with van der Waals surface area (Å²) in [7, 11) is 0. The van der Waals surface area contributed by atoms with Crippen LogP contribution in [0.25, 0.3) is 142 Å². The number of rotatable bonds is 6. The topological polar surface area (TPSA) is 0 Å². The van der Waals surface area contributed by atoms with Crippen LogP contribution < -0.4 is 0 Å². The highest BCUT2D eigenvalue weighted by Crippen LogP contribution is 2.48. The van der Waals surface area contributed by atoms with E-state index in [1.807, 2.05) is 158 Å². The SMILES string of the molecule is [2H]c1c([2H])c([2H])c2c(-c3cccc4ccccc34)c3c([2H])c([2H])c([2H])c([2H])c3c(-c3cccc(-c4ccc5ccc(-c6cccc(-c7c8c([2H])c([2H])c([2H])c([2H])c8c(-c8cccc9ccccc89)c8c([2H])c([2H])c([2H])c([2H])c78)c6)cc5c4)c3)c2c1[2H]. The maximum absolute atomic E-state index is 9.56. The fraction of sp³-hybridized carbons (Fsp3) is 0. The Balaban J connectivity index is 0.963. The molecule has 70 heavy (non-hydrogen) atoms. The van der Waals surface area contributed by atoms with Crippen LogP contribution in [0.5, 0.6) is 0 Å². The van der Waals surface area contributed by atoms with Crippen molar-refractivity contribution in [1.29, 1.82) is 0 Å². The fourth-order valence-corrected chi connectivity index (χ4v) is 10.6. The minimum absolute atomic E-state index is 0.112. The lowest BCUT2D eigenvalue weighted by molar-refractivity contribution is 1.61. The average Bonchev–Trinajstić information content (AvgIpc) is 0.721. The summed E-state index contributed by atoms with van der Waals surface area (Å²) in [6.45, 7) is 0. The minimum Gasteiger partial charge on any atom is -0.0616 e. The highest BCUT2D eigenvalue weighted by molar-refractivity contribution is 6.25. The van der Waals surface area contributed by atoms with Crippen molar-refractivity contribution in [2.24, 2.45) is 0 Å². The Morgan fingerprint density at radius 1 is 0.200 bits per heavy atom. The summed E-state index contributed by atoms with van der Waals surface area (Å²) >= 11 is 0. The van der Waals surface area contributed by atoms with Gasteiger partial charge in [0, 0.05) is 0 Å². The van der Waals surface area contributed by atoms with Crippen molar-refractivity contribution >= 4 is 75.4 Å². The molecule has 0 saturated carbocycles. The first-order valence-electron chi connectivity index (χ1n) is 31.0. The first kappa shape index (κ1) is 27.0. The molecule has 0 fully saturated rings. The molecule has 0 heterocycles. The number of hydrogen-bond donors (Lipinski definition) is 0. The Morgan fingerprint density at radius 3 is 0.914 bits per heavy atom. The van der Waals surface area contributed by atoms with Crippen LogP contribution in [0, 0.1) is 0 Å². The van der Waals surface area contributed by atoms with Crippen LogP contribution in [0.4, 0.5) is 0 Å². The third-order valence-corrected chi connectivity index (χ3v) is 13.7. The number of fused-ring (bicyclic) bond motifs is 7. The number of benzene rings is 14. The van der Waals surface area contributed by atoms with E-state index in [9.17, 15) is 11.0 Å². The fourth-order valence-electron chi connectivity index (χ4n) is 10.6. The Labute approximate surface area is 429 Å². The van der Waals surface area contributed by atoms with Crippen molar-refractivity contribution in [3.63, 3.8) is 0 Å². The molecule has 0 aliphatic carbocycles. The second-order valence-electron chi connectivity index (χ2n) is 17.5. The predicted octanol–water partition coefficient (Wildman–Crippen LogP) is 19.8. The molecule has 0 aromatic heterocycles. The summed E-state index contributed by atoms with van der Waals surface area (Å²) in [6.07, 6.45) is 0. The second kappa shape index (κ2) is 16.3. The lowest BCUT2D eigenvalue weighted by Gasteiger charge is -2.19. The minimum atomic E-state index is -0.489. The molecule has 0 aliphatic rings. The Bertz CT molecular complexity index is 4880. The molecule has 0 unspecified atom stereocenters. The Hall–Kier alpha value is -9.10. The highest BCUT2D eigenvalue weighted by atomic mass is 14.2. The van der Waals surface area contributed by atoms with E-state index in [1.165, 1.54) is 0 Å². The molecule has 324 valence electrons. The molecule has 0 amide bonds. The normalized spacial score (nSPS) is 14.9. The van der Waals surface area contributed by atoms with Crippen LogP contribution in [-0.4, -0.2) is 0 Å². The zero-order chi connectivity index (χ0) is 60.0. The van der Waals surface area contributed by atoms with Gasteiger partial charge in [0.2, 0.25) is 0 Å². The lowest BCUT2D eigenvalue weighted by atomic mass is 9.84. The average molecular weight is 901 g/mol. The van der Waals surface area contributed by atoms with E-state index < -0.39 is 48.3 Å². The van der Waals surface area contributed by atoms with E-state index in [-0.39, 0.29) is 114 Å². The molecule has 0 heteroatoms. The molecule has 0 aliphatic heterocycles. The van der Waals surface area contributed by atoms with Crippen molar-refractivity contribution in [2.45, 2.75) is 0 Å². The smallest absolute Gasteiger partial charge is 0.0616 e. The first-order chi connectivity index (χ1) is 41.4. The van der Waals surface area contributed by atoms with Gasteiger partial charge >= 0.3 is 0 Å². The van der Waals surface area contributed by atoms with Gasteiger partial charge in [-0.1, -0.05) is 242 Å². The molecule has 0 saturated heterocycles. The van der Waals surface area contributed by atoms with E-state index in [0.717, 1.165) is 43.4 Å². The third kappa shape index (κ3) is 6.45. The van der Waals surface area contributed by atoms with Crippen molar-refractivity contribution < 1.29 is 21.9 Å². The summed E-state index contributed by atoms with van der Waals surface area (Å²) in [4.78, 5) is 0. The monoisotopic (exact) mass is 900 g/mol. The molecule has 0 spiro atoms. The number of hydrogen-bond acceptors (Lipinski definition) is 0. The molecular weight excluding hydrogens is 841 g/mol. The molecule has 14 rings (SSSR count). The van der Waals surface area contributed by atoms with Crippen molar-refractivity contribution in [3.05, 3.63) is 267 Å². The Kier molecular flexibility index (Phi) is 6.30. The van der Waals surface area contributed by atoms with Gasteiger partial charge in [-0.05, 0) is 166 Å². The van der Waals surface area contributed by atoms with Gasteiger partial charge in [0.25, 0.3) is 0 Å². The van der Waals surface area contributed by atoms with Gasteiger partial charge in [0.1, 0.15) is 0 Å². The van der Waals surface area contributed by atoms with E-state index in [4.69, 9.17) is 11.0 Å². The van der Waals surface area contributed by atoms with Crippen molar-refractivity contribution in [1.82, 2.24) is 0 Å². The Morgan fingerprint density at radius 2 is 0.514 bits per heavy atom. The van der Waals surface area contributed by atoms with Crippen molar-refractivity contribution in [2.75, 3.05) is 0 Å². The first-order valence-corrected chi connectivity index (χ1v) is 23.0. The van der Waals surface area contributed by atoms with Crippen molar-refractivity contribution in [3.8, 4) is 66.8 Å². The molecular formula is C70H44. The summed E-state index contributed by atoms with van der Waals surface area (Å²) < 4.78 is 148. The zero-order valence-electron chi connectivity index (χ0n) is 53.2. The molecule has 0 N–H and O–H groups in total. The van der Waals surface area contributed by atoms with E-state index in [1.54, 1.807) is 12.1 Å². The molecule has 14 aromatic carbocycles. The molecule has 0 bridgehead atoms. The third-order valence-electron chi connectivity index (χ3n) is 13.7. The van der Waals surface area contributed by atoms with E-state index >= 15 is 0 Å². The van der Waals surface area contributed by atoms with Gasteiger partial charge in [-0.15, -0.1) is 0 Å². The quantitative estimate of drug-likeness (QED) is 0.146. The second-order valence-corrected chi connectivity index (χ2v) is 17.5. The van der Waals surface area contributed by atoms with Gasteiger partial charge in [-0.25, -0.2) is 0 Å². The lowest BCUT2D eigenvalue weighted by Crippen LogP contribution is -1.92. The summed E-state index contributed by atoms with van der Waals surface area (Å²) in [5, 5.41) is 5.82. The van der Waals surface area contributed by atoms with Gasteiger partial charge < -0.3 is 0 Å². The summed E-state index contributed by atoms with van der Waals surface area (Å²) in [5.74, 6) is 0.